The van der Waals surface area contributed by atoms with E-state index in [1.54, 1.807) is 17.6 Å². The van der Waals surface area contributed by atoms with E-state index in [2.05, 4.69) is 15.4 Å². The molecule has 0 spiro atoms. The molecule has 0 bridgehead atoms. The summed E-state index contributed by atoms with van der Waals surface area (Å²) in [6, 6.07) is 3.67. The van der Waals surface area contributed by atoms with Crippen LogP contribution in [0.5, 0.6) is 0 Å². The zero-order valence-corrected chi connectivity index (χ0v) is 9.68. The van der Waals surface area contributed by atoms with Crippen molar-refractivity contribution >= 4 is 11.5 Å². The van der Waals surface area contributed by atoms with Gasteiger partial charge in [-0.05, 0) is 26.8 Å². The van der Waals surface area contributed by atoms with E-state index in [0.717, 1.165) is 11.5 Å². The summed E-state index contributed by atoms with van der Waals surface area (Å²) in [4.78, 5) is 4.38. The van der Waals surface area contributed by atoms with E-state index < -0.39 is 11.6 Å². The fourth-order valence-electron chi connectivity index (χ4n) is 1.32. The van der Waals surface area contributed by atoms with Gasteiger partial charge in [0.05, 0.1) is 17.8 Å². The van der Waals surface area contributed by atoms with Crippen molar-refractivity contribution in [2.24, 2.45) is 0 Å². The highest BCUT2D eigenvalue weighted by molar-refractivity contribution is 5.46. The van der Waals surface area contributed by atoms with Crippen LogP contribution in [0.1, 0.15) is 20.8 Å². The van der Waals surface area contributed by atoms with Crippen molar-refractivity contribution < 1.29 is 5.11 Å². The van der Waals surface area contributed by atoms with E-state index in [0.29, 0.717) is 0 Å². The minimum absolute atomic E-state index is 0.411. The first-order valence-corrected chi connectivity index (χ1v) is 5.26. The van der Waals surface area contributed by atoms with Crippen molar-refractivity contribution in [1.29, 1.82) is 0 Å². The quantitative estimate of drug-likeness (QED) is 0.818. The summed E-state index contributed by atoms with van der Waals surface area (Å²) in [6.07, 6.45) is 3.07. The lowest BCUT2D eigenvalue weighted by Crippen LogP contribution is -2.42. The summed E-state index contributed by atoms with van der Waals surface area (Å²) in [5, 5.41) is 16.9. The highest BCUT2D eigenvalue weighted by Gasteiger charge is 2.24. The Morgan fingerprint density at radius 1 is 1.44 bits per heavy atom. The van der Waals surface area contributed by atoms with Crippen LogP contribution in [0.3, 0.4) is 0 Å². The maximum Gasteiger partial charge on any atom is 0.157 e. The largest absolute Gasteiger partial charge is 0.391 e. The number of nitrogens with zero attached hydrogens (tertiary/aromatic N) is 3. The zero-order chi connectivity index (χ0) is 11.8. The number of aliphatic hydroxyl groups excluding tert-OH is 1. The molecular formula is C11H16N4O. The van der Waals surface area contributed by atoms with Crippen LogP contribution in [-0.2, 0) is 0 Å². The van der Waals surface area contributed by atoms with Crippen LogP contribution in [0.2, 0.25) is 0 Å². The Morgan fingerprint density at radius 3 is 2.88 bits per heavy atom. The first-order valence-electron chi connectivity index (χ1n) is 5.26. The van der Waals surface area contributed by atoms with Crippen LogP contribution >= 0.6 is 0 Å². The fourth-order valence-corrected chi connectivity index (χ4v) is 1.32. The van der Waals surface area contributed by atoms with Gasteiger partial charge in [-0.25, -0.2) is 9.50 Å². The predicted molar refractivity (Wildman–Crippen MR) is 62.4 cm³/mol. The zero-order valence-electron chi connectivity index (χ0n) is 9.68. The molecule has 1 atom stereocenters. The molecule has 16 heavy (non-hydrogen) atoms. The van der Waals surface area contributed by atoms with Crippen molar-refractivity contribution in [3.05, 3.63) is 24.5 Å². The molecule has 0 aromatic carbocycles. The summed E-state index contributed by atoms with van der Waals surface area (Å²) in [5.41, 5.74) is 0.372. The third-order valence-corrected chi connectivity index (χ3v) is 2.75. The van der Waals surface area contributed by atoms with Crippen molar-refractivity contribution in [3.63, 3.8) is 0 Å². The molecule has 0 saturated heterocycles. The van der Waals surface area contributed by atoms with Crippen LogP contribution in [0, 0.1) is 0 Å². The van der Waals surface area contributed by atoms with Crippen LogP contribution in [-0.4, -0.2) is 31.3 Å². The predicted octanol–water partition coefficient (Wildman–Crippen LogP) is 1.30. The van der Waals surface area contributed by atoms with E-state index in [4.69, 9.17) is 0 Å². The van der Waals surface area contributed by atoms with Gasteiger partial charge in [0.25, 0.3) is 0 Å². The second-order valence-electron chi connectivity index (χ2n) is 4.47. The molecule has 5 nitrogen and oxygen atoms in total. The number of hydrogen-bond donors (Lipinski definition) is 2. The Morgan fingerprint density at radius 2 is 2.19 bits per heavy atom. The van der Waals surface area contributed by atoms with E-state index in [1.165, 1.54) is 0 Å². The van der Waals surface area contributed by atoms with E-state index >= 15 is 0 Å². The van der Waals surface area contributed by atoms with Gasteiger partial charge in [0.1, 0.15) is 5.82 Å². The Balaban J connectivity index is 2.27. The van der Waals surface area contributed by atoms with Crippen LogP contribution in [0.25, 0.3) is 5.65 Å². The number of aliphatic hydroxyl groups is 1. The molecule has 0 saturated carbocycles. The summed E-state index contributed by atoms with van der Waals surface area (Å²) in [5.74, 6) is 0.735. The maximum absolute atomic E-state index is 9.61. The van der Waals surface area contributed by atoms with Crippen molar-refractivity contribution in [3.8, 4) is 0 Å². The number of hydrogen-bond acceptors (Lipinski definition) is 4. The van der Waals surface area contributed by atoms with Gasteiger partial charge in [-0.2, -0.15) is 5.10 Å². The lowest BCUT2D eigenvalue weighted by Gasteiger charge is -2.29. The summed E-state index contributed by atoms with van der Waals surface area (Å²) in [7, 11) is 0. The molecule has 2 aromatic rings. The van der Waals surface area contributed by atoms with Crippen LogP contribution in [0.15, 0.2) is 24.5 Å². The molecular weight excluding hydrogens is 204 g/mol. The minimum Gasteiger partial charge on any atom is -0.391 e. The normalized spacial score (nSPS) is 14.0. The third-order valence-electron chi connectivity index (χ3n) is 2.75. The molecule has 0 aliphatic carbocycles. The second kappa shape index (κ2) is 3.75. The summed E-state index contributed by atoms with van der Waals surface area (Å²) >= 11 is 0. The SMILES string of the molecule is CC(O)C(C)(C)Nc1ccn2nccc2n1. The molecule has 2 heterocycles. The first-order chi connectivity index (χ1) is 7.49. The van der Waals surface area contributed by atoms with Gasteiger partial charge < -0.3 is 10.4 Å². The molecule has 86 valence electrons. The second-order valence-corrected chi connectivity index (χ2v) is 4.47. The lowest BCUT2D eigenvalue weighted by molar-refractivity contribution is 0.133. The molecule has 2 aromatic heterocycles. The summed E-state index contributed by atoms with van der Waals surface area (Å²) in [6.45, 7) is 5.62. The highest BCUT2D eigenvalue weighted by atomic mass is 16.3. The Labute approximate surface area is 94.1 Å². The van der Waals surface area contributed by atoms with E-state index in [9.17, 15) is 5.11 Å². The maximum atomic E-state index is 9.61. The number of nitrogens with one attached hydrogen (secondary N) is 1. The fraction of sp³-hybridized carbons (Fsp3) is 0.455. The molecule has 0 radical (unpaired) electrons. The molecule has 5 heteroatoms. The molecule has 2 rings (SSSR count). The Hall–Kier alpha value is -1.62. The average Bonchev–Trinajstić information content (AvgIpc) is 2.63. The Bertz CT molecular complexity index is 489. The van der Waals surface area contributed by atoms with E-state index in [-0.39, 0.29) is 0 Å². The van der Waals surface area contributed by atoms with Gasteiger partial charge >= 0.3 is 0 Å². The molecule has 1 unspecified atom stereocenters. The molecule has 0 aliphatic rings. The van der Waals surface area contributed by atoms with Gasteiger partial charge in [0, 0.05) is 12.3 Å². The molecule has 0 amide bonds. The lowest BCUT2D eigenvalue weighted by atomic mass is 9.99. The van der Waals surface area contributed by atoms with Gasteiger partial charge in [-0.1, -0.05) is 0 Å². The topological polar surface area (TPSA) is 62.5 Å². The first kappa shape index (κ1) is 10.9. The number of fused-ring (bicyclic) bond motifs is 1. The summed E-state index contributed by atoms with van der Waals surface area (Å²) < 4.78 is 1.69. The monoisotopic (exact) mass is 220 g/mol. The molecule has 0 fully saturated rings. The third kappa shape index (κ3) is 1.99. The molecule has 2 N–H and O–H groups in total. The van der Waals surface area contributed by atoms with Gasteiger partial charge in [0.15, 0.2) is 5.65 Å². The highest BCUT2D eigenvalue weighted by Crippen LogP contribution is 2.16. The number of aromatic nitrogens is 3. The average molecular weight is 220 g/mol. The molecule has 0 aliphatic heterocycles. The minimum atomic E-state index is -0.463. The van der Waals surface area contributed by atoms with Gasteiger partial charge in [0.2, 0.25) is 0 Å². The van der Waals surface area contributed by atoms with Crippen molar-refractivity contribution in [1.82, 2.24) is 14.6 Å². The van der Waals surface area contributed by atoms with Crippen molar-refractivity contribution in [2.75, 3.05) is 5.32 Å². The van der Waals surface area contributed by atoms with Crippen LogP contribution in [0.4, 0.5) is 5.82 Å². The smallest absolute Gasteiger partial charge is 0.157 e. The van der Waals surface area contributed by atoms with Crippen molar-refractivity contribution in [2.45, 2.75) is 32.4 Å². The van der Waals surface area contributed by atoms with Gasteiger partial charge in [-0.3, -0.25) is 0 Å². The van der Waals surface area contributed by atoms with E-state index in [1.807, 2.05) is 32.2 Å². The Kier molecular flexibility index (Phi) is 2.55. The van der Waals surface area contributed by atoms with Crippen LogP contribution < -0.4 is 5.32 Å². The standard InChI is InChI=1S/C11H16N4O/c1-8(16)11(2,3)14-9-5-7-15-10(13-9)4-6-12-15/h4-8,16H,1-3H3,(H,13,14). The van der Waals surface area contributed by atoms with Gasteiger partial charge in [-0.15, -0.1) is 0 Å². The number of anilines is 1. The number of rotatable bonds is 3.